The summed E-state index contributed by atoms with van der Waals surface area (Å²) in [7, 11) is 0. The molecule has 0 unspecified atom stereocenters. The maximum Gasteiger partial charge on any atom is 0.221 e. The fourth-order valence-electron chi connectivity index (χ4n) is 2.48. The highest BCUT2D eigenvalue weighted by Gasteiger charge is 2.15. The van der Waals surface area contributed by atoms with Crippen LogP contribution < -0.4 is 11.1 Å². The lowest BCUT2D eigenvalue weighted by Crippen LogP contribution is -2.36. The number of amides is 1. The number of hydrogen-bond donors (Lipinski definition) is 2. The van der Waals surface area contributed by atoms with Crippen LogP contribution in [0.3, 0.4) is 0 Å². The van der Waals surface area contributed by atoms with Crippen molar-refractivity contribution in [3.05, 3.63) is 24.0 Å². The van der Waals surface area contributed by atoms with Crippen molar-refractivity contribution in [1.82, 2.24) is 5.32 Å². The van der Waals surface area contributed by atoms with Gasteiger partial charge in [-0.15, -0.1) is 11.8 Å². The Morgan fingerprint density at radius 1 is 1.30 bits per heavy atom. The van der Waals surface area contributed by atoms with Crippen LogP contribution in [0, 0.1) is 5.82 Å². The number of nitrogens with one attached hydrogen (secondary N) is 1. The smallest absolute Gasteiger partial charge is 0.221 e. The molecule has 20 heavy (non-hydrogen) atoms. The minimum atomic E-state index is -0.334. The largest absolute Gasteiger partial charge is 0.399 e. The van der Waals surface area contributed by atoms with Gasteiger partial charge in [0.1, 0.15) is 5.82 Å². The molecule has 2 rings (SSSR count). The zero-order valence-electron chi connectivity index (χ0n) is 11.5. The molecule has 0 radical (unpaired) electrons. The molecule has 1 aromatic carbocycles. The number of nitrogen functional groups attached to an aromatic ring is 1. The molecule has 0 aliphatic heterocycles. The van der Waals surface area contributed by atoms with E-state index in [1.807, 2.05) is 0 Å². The molecule has 1 amide bonds. The second-order valence-corrected chi connectivity index (χ2v) is 6.39. The van der Waals surface area contributed by atoms with Gasteiger partial charge >= 0.3 is 0 Å². The van der Waals surface area contributed by atoms with E-state index in [4.69, 9.17) is 5.73 Å². The van der Waals surface area contributed by atoms with Crippen molar-refractivity contribution in [3.8, 4) is 0 Å². The summed E-state index contributed by atoms with van der Waals surface area (Å²) in [4.78, 5) is 12.6. The van der Waals surface area contributed by atoms with E-state index < -0.39 is 0 Å². The van der Waals surface area contributed by atoms with Gasteiger partial charge in [0.2, 0.25) is 5.91 Å². The third-order valence-electron chi connectivity index (χ3n) is 3.46. The SMILES string of the molecule is Nc1cc(F)cc(SCCC(=O)NC2CCCCC2)c1. The van der Waals surface area contributed by atoms with Crippen molar-refractivity contribution >= 4 is 23.4 Å². The highest BCUT2D eigenvalue weighted by molar-refractivity contribution is 7.99. The van der Waals surface area contributed by atoms with E-state index in [1.165, 1.54) is 43.2 Å². The maximum absolute atomic E-state index is 13.2. The Morgan fingerprint density at radius 2 is 2.05 bits per heavy atom. The van der Waals surface area contributed by atoms with Gasteiger partial charge in [0.15, 0.2) is 0 Å². The fraction of sp³-hybridized carbons (Fsp3) is 0.533. The molecule has 1 aliphatic carbocycles. The van der Waals surface area contributed by atoms with E-state index in [1.54, 1.807) is 6.07 Å². The zero-order chi connectivity index (χ0) is 14.4. The summed E-state index contributed by atoms with van der Waals surface area (Å²) in [6.45, 7) is 0. The predicted octanol–water partition coefficient (Wildman–Crippen LogP) is 3.34. The van der Waals surface area contributed by atoms with Gasteiger partial charge in [-0.05, 0) is 31.0 Å². The Kier molecular flexibility index (Phi) is 5.71. The molecule has 5 heteroatoms. The van der Waals surface area contributed by atoms with Crippen LogP contribution in [0.25, 0.3) is 0 Å². The first kappa shape index (κ1) is 15.2. The minimum Gasteiger partial charge on any atom is -0.399 e. The van der Waals surface area contributed by atoms with Gasteiger partial charge in [-0.25, -0.2) is 4.39 Å². The van der Waals surface area contributed by atoms with Gasteiger partial charge in [-0.3, -0.25) is 4.79 Å². The summed E-state index contributed by atoms with van der Waals surface area (Å²) < 4.78 is 13.2. The molecule has 1 saturated carbocycles. The van der Waals surface area contributed by atoms with E-state index in [9.17, 15) is 9.18 Å². The Hall–Kier alpha value is -1.23. The average Bonchev–Trinajstić information content (AvgIpc) is 2.38. The summed E-state index contributed by atoms with van der Waals surface area (Å²) in [6, 6.07) is 4.82. The fourth-order valence-corrected chi connectivity index (χ4v) is 3.41. The Balaban J connectivity index is 1.70. The number of halogens is 1. The average molecular weight is 296 g/mol. The number of nitrogens with two attached hydrogens (primary N) is 1. The first-order valence-corrected chi connectivity index (χ1v) is 8.10. The number of thioether (sulfide) groups is 1. The van der Waals surface area contributed by atoms with E-state index in [-0.39, 0.29) is 11.7 Å². The van der Waals surface area contributed by atoms with Crippen LogP contribution in [-0.4, -0.2) is 17.7 Å². The highest BCUT2D eigenvalue weighted by Crippen LogP contribution is 2.23. The van der Waals surface area contributed by atoms with Gasteiger partial charge in [-0.1, -0.05) is 19.3 Å². The molecule has 1 aromatic rings. The normalized spacial score (nSPS) is 16.1. The molecule has 0 bridgehead atoms. The monoisotopic (exact) mass is 296 g/mol. The van der Waals surface area contributed by atoms with Crippen molar-refractivity contribution < 1.29 is 9.18 Å². The van der Waals surface area contributed by atoms with Crippen molar-refractivity contribution in [3.63, 3.8) is 0 Å². The summed E-state index contributed by atoms with van der Waals surface area (Å²) in [5, 5.41) is 3.08. The lowest BCUT2D eigenvalue weighted by Gasteiger charge is -2.22. The van der Waals surface area contributed by atoms with E-state index in [2.05, 4.69) is 5.32 Å². The van der Waals surface area contributed by atoms with Gasteiger partial charge in [0.05, 0.1) is 0 Å². The first-order valence-electron chi connectivity index (χ1n) is 7.12. The van der Waals surface area contributed by atoms with Crippen LogP contribution in [0.2, 0.25) is 0 Å². The lowest BCUT2D eigenvalue weighted by atomic mass is 9.95. The topological polar surface area (TPSA) is 55.1 Å². The van der Waals surface area contributed by atoms with Crippen LogP contribution in [-0.2, 0) is 4.79 Å². The minimum absolute atomic E-state index is 0.0915. The molecule has 0 spiro atoms. The number of carbonyl (C=O) groups is 1. The summed E-state index contributed by atoms with van der Waals surface area (Å²) >= 11 is 1.46. The standard InChI is InChI=1S/C15H21FN2OS/c16-11-8-12(17)10-14(9-11)20-7-6-15(19)18-13-4-2-1-3-5-13/h8-10,13H,1-7,17H2,(H,18,19). The third-order valence-corrected chi connectivity index (χ3v) is 4.44. The maximum atomic E-state index is 13.2. The Labute approximate surface area is 123 Å². The van der Waals surface area contributed by atoms with E-state index >= 15 is 0 Å². The van der Waals surface area contributed by atoms with E-state index in [0.717, 1.165) is 17.7 Å². The van der Waals surface area contributed by atoms with E-state index in [0.29, 0.717) is 23.9 Å². The van der Waals surface area contributed by atoms with Crippen molar-refractivity contribution in [1.29, 1.82) is 0 Å². The Bertz CT molecular complexity index is 441. The van der Waals surface area contributed by atoms with Crippen molar-refractivity contribution in [2.24, 2.45) is 0 Å². The molecule has 1 aliphatic rings. The van der Waals surface area contributed by atoms with Crippen molar-refractivity contribution in [2.75, 3.05) is 11.5 Å². The molecule has 1 fully saturated rings. The van der Waals surface area contributed by atoms with Crippen LogP contribution in [0.15, 0.2) is 23.1 Å². The van der Waals surface area contributed by atoms with Crippen LogP contribution in [0.4, 0.5) is 10.1 Å². The third kappa shape index (κ3) is 5.04. The molecule has 3 N–H and O–H groups in total. The number of anilines is 1. The molecular formula is C15H21FN2OS. The second-order valence-electron chi connectivity index (χ2n) is 5.22. The number of benzene rings is 1. The summed E-state index contributed by atoms with van der Waals surface area (Å²) in [5.74, 6) is 0.398. The van der Waals surface area contributed by atoms with Crippen LogP contribution in [0.1, 0.15) is 38.5 Å². The van der Waals surface area contributed by atoms with Gasteiger partial charge in [-0.2, -0.15) is 0 Å². The quantitative estimate of drug-likeness (QED) is 0.647. The molecule has 110 valence electrons. The molecule has 3 nitrogen and oxygen atoms in total. The van der Waals surface area contributed by atoms with Gasteiger partial charge < -0.3 is 11.1 Å². The number of hydrogen-bond acceptors (Lipinski definition) is 3. The molecular weight excluding hydrogens is 275 g/mol. The van der Waals surface area contributed by atoms with Gasteiger partial charge in [0.25, 0.3) is 0 Å². The number of rotatable bonds is 5. The lowest BCUT2D eigenvalue weighted by molar-refractivity contribution is -0.121. The number of carbonyl (C=O) groups excluding carboxylic acids is 1. The summed E-state index contributed by atoms with van der Waals surface area (Å²) in [5.41, 5.74) is 6.00. The molecule has 0 heterocycles. The van der Waals surface area contributed by atoms with Gasteiger partial charge in [0, 0.05) is 28.8 Å². The zero-order valence-corrected chi connectivity index (χ0v) is 12.3. The summed E-state index contributed by atoms with van der Waals surface area (Å²) in [6.07, 6.45) is 6.35. The first-order chi connectivity index (χ1) is 9.63. The Morgan fingerprint density at radius 3 is 2.75 bits per heavy atom. The molecule has 0 atom stereocenters. The van der Waals surface area contributed by atoms with Crippen LogP contribution in [0.5, 0.6) is 0 Å². The second kappa shape index (κ2) is 7.53. The highest BCUT2D eigenvalue weighted by atomic mass is 32.2. The molecule has 0 aromatic heterocycles. The molecule has 0 saturated heterocycles. The van der Waals surface area contributed by atoms with Crippen LogP contribution >= 0.6 is 11.8 Å². The van der Waals surface area contributed by atoms with Crippen molar-refractivity contribution in [2.45, 2.75) is 49.5 Å². The predicted molar refractivity (Wildman–Crippen MR) is 81.2 cm³/mol.